The zero-order valence-electron chi connectivity index (χ0n) is 18.6. The third-order valence-electron chi connectivity index (χ3n) is 9.05. The molecule has 4 aliphatic rings. The van der Waals surface area contributed by atoms with Crippen LogP contribution in [0.3, 0.4) is 0 Å². The molecular formula is C25H34N4O. The van der Waals surface area contributed by atoms with Crippen molar-refractivity contribution < 1.29 is 4.79 Å². The lowest BCUT2D eigenvalue weighted by Crippen LogP contribution is -2.66. The van der Waals surface area contributed by atoms with Gasteiger partial charge in [0, 0.05) is 37.0 Å². The maximum absolute atomic E-state index is 13.5. The fraction of sp³-hybridized carbons (Fsp3) is 0.680. The Bertz CT molecular complexity index is 1010. The lowest BCUT2D eigenvalue weighted by molar-refractivity contribution is -0.0241. The summed E-state index contributed by atoms with van der Waals surface area (Å²) >= 11 is 0. The Morgan fingerprint density at radius 3 is 2.60 bits per heavy atom. The molecule has 2 aliphatic carbocycles. The van der Waals surface area contributed by atoms with Gasteiger partial charge in [-0.25, -0.2) is 9.78 Å². The summed E-state index contributed by atoms with van der Waals surface area (Å²) in [6.45, 7) is 9.93. The number of fused-ring (bicyclic) bond motifs is 5. The number of aromatic nitrogens is 2. The van der Waals surface area contributed by atoms with Crippen molar-refractivity contribution in [2.75, 3.05) is 19.6 Å². The summed E-state index contributed by atoms with van der Waals surface area (Å²) in [4.78, 5) is 26.4. The molecule has 2 saturated heterocycles. The van der Waals surface area contributed by atoms with E-state index in [4.69, 9.17) is 4.98 Å². The molecule has 30 heavy (non-hydrogen) atoms. The number of hydrogen-bond acceptors (Lipinski definition) is 2. The molecule has 3 fully saturated rings. The van der Waals surface area contributed by atoms with Gasteiger partial charge >= 0.3 is 6.03 Å². The smallest absolute Gasteiger partial charge is 0.320 e. The number of carbonyl (C=O) groups is 1. The molecule has 2 amide bonds. The molecular weight excluding hydrogens is 372 g/mol. The maximum atomic E-state index is 13.5. The van der Waals surface area contributed by atoms with Crippen LogP contribution in [0.2, 0.25) is 0 Å². The average molecular weight is 407 g/mol. The van der Waals surface area contributed by atoms with Gasteiger partial charge in [-0.2, -0.15) is 0 Å². The van der Waals surface area contributed by atoms with E-state index in [-0.39, 0.29) is 22.9 Å². The number of imidazole rings is 1. The van der Waals surface area contributed by atoms with Crippen molar-refractivity contribution >= 4 is 17.1 Å². The Labute approximate surface area is 179 Å². The highest BCUT2D eigenvalue weighted by atomic mass is 16.2. The minimum Gasteiger partial charge on any atom is -0.342 e. The number of nitrogens with one attached hydrogen (secondary N) is 1. The van der Waals surface area contributed by atoms with Gasteiger partial charge in [0.05, 0.1) is 11.0 Å². The maximum Gasteiger partial charge on any atom is 0.320 e. The number of urea groups is 1. The molecule has 5 heteroatoms. The van der Waals surface area contributed by atoms with Crippen LogP contribution in [0.4, 0.5) is 4.79 Å². The number of benzene rings is 1. The van der Waals surface area contributed by atoms with Gasteiger partial charge in [0.25, 0.3) is 0 Å². The molecule has 160 valence electrons. The predicted molar refractivity (Wildman–Crippen MR) is 119 cm³/mol. The zero-order chi connectivity index (χ0) is 20.7. The SMILES string of the molecule is CC1(C)[C@H]2Cc3cc4[nH]c(C5CC5)nc4cc3[C@]1(C)CCN2C(=O)N1CCCCC1. The van der Waals surface area contributed by atoms with Crippen LogP contribution < -0.4 is 0 Å². The Hall–Kier alpha value is -2.04. The first-order chi connectivity index (χ1) is 14.4. The second kappa shape index (κ2) is 6.24. The van der Waals surface area contributed by atoms with Gasteiger partial charge in [-0.05, 0) is 73.6 Å². The average Bonchev–Trinajstić information content (AvgIpc) is 3.50. The van der Waals surface area contributed by atoms with Gasteiger partial charge in [0.1, 0.15) is 5.82 Å². The molecule has 2 aromatic rings. The van der Waals surface area contributed by atoms with E-state index in [1.54, 1.807) is 0 Å². The Morgan fingerprint density at radius 2 is 1.87 bits per heavy atom. The summed E-state index contributed by atoms with van der Waals surface area (Å²) < 4.78 is 0. The van der Waals surface area contributed by atoms with Crippen LogP contribution in [0, 0.1) is 5.41 Å². The summed E-state index contributed by atoms with van der Waals surface area (Å²) in [5.41, 5.74) is 5.28. The van der Waals surface area contributed by atoms with Gasteiger partial charge in [-0.3, -0.25) is 0 Å². The molecule has 1 aromatic carbocycles. The number of aromatic amines is 1. The molecule has 0 radical (unpaired) electrons. The topological polar surface area (TPSA) is 52.2 Å². The van der Waals surface area contributed by atoms with E-state index in [0.29, 0.717) is 5.92 Å². The van der Waals surface area contributed by atoms with E-state index in [0.717, 1.165) is 50.8 Å². The lowest BCUT2D eigenvalue weighted by Gasteiger charge is -2.61. The number of hydrogen-bond donors (Lipinski definition) is 1. The van der Waals surface area contributed by atoms with Crippen LogP contribution in [-0.4, -0.2) is 51.5 Å². The number of amides is 2. The molecule has 2 atom stereocenters. The van der Waals surface area contributed by atoms with E-state index in [2.05, 4.69) is 47.7 Å². The van der Waals surface area contributed by atoms with E-state index < -0.39 is 0 Å². The molecule has 6 rings (SSSR count). The Morgan fingerprint density at radius 1 is 1.10 bits per heavy atom. The summed E-state index contributed by atoms with van der Waals surface area (Å²) in [5.74, 6) is 1.81. The second-order valence-corrected chi connectivity index (χ2v) is 11.0. The summed E-state index contributed by atoms with van der Waals surface area (Å²) in [7, 11) is 0. The quantitative estimate of drug-likeness (QED) is 0.728. The fourth-order valence-electron chi connectivity index (χ4n) is 6.48. The predicted octanol–water partition coefficient (Wildman–Crippen LogP) is 4.96. The lowest BCUT2D eigenvalue weighted by atomic mass is 9.51. The molecule has 0 unspecified atom stereocenters. The first kappa shape index (κ1) is 18.7. The van der Waals surface area contributed by atoms with E-state index in [1.807, 2.05) is 0 Å². The van der Waals surface area contributed by atoms with E-state index in [1.165, 1.54) is 41.7 Å². The first-order valence-corrected chi connectivity index (χ1v) is 12.0. The van der Waals surface area contributed by atoms with Crippen molar-refractivity contribution in [2.24, 2.45) is 5.41 Å². The van der Waals surface area contributed by atoms with Gasteiger partial charge in [-0.1, -0.05) is 20.8 Å². The zero-order valence-corrected chi connectivity index (χ0v) is 18.6. The number of H-pyrrole nitrogens is 1. The van der Waals surface area contributed by atoms with Gasteiger partial charge in [-0.15, -0.1) is 0 Å². The highest BCUT2D eigenvalue weighted by molar-refractivity contribution is 5.79. The number of carbonyl (C=O) groups excluding carboxylic acids is 1. The number of nitrogens with zero attached hydrogens (tertiary/aromatic N) is 3. The monoisotopic (exact) mass is 406 g/mol. The van der Waals surface area contributed by atoms with Crippen LogP contribution in [0.1, 0.15) is 82.2 Å². The molecule has 3 heterocycles. The van der Waals surface area contributed by atoms with Crippen molar-refractivity contribution in [3.05, 3.63) is 29.1 Å². The molecule has 0 spiro atoms. The highest BCUT2D eigenvalue weighted by Crippen LogP contribution is 2.56. The normalized spacial score (nSPS) is 30.4. The van der Waals surface area contributed by atoms with Gasteiger partial charge in [0.15, 0.2) is 0 Å². The minimum atomic E-state index is 0.0347. The van der Waals surface area contributed by atoms with Crippen molar-refractivity contribution in [2.45, 2.75) is 83.1 Å². The Balaban J connectivity index is 1.40. The summed E-state index contributed by atoms with van der Waals surface area (Å²) in [6.07, 6.45) is 8.05. The molecule has 1 saturated carbocycles. The number of likely N-dealkylation sites (tertiary alicyclic amines) is 2. The Kier molecular flexibility index (Phi) is 3.89. The minimum absolute atomic E-state index is 0.0347. The fourth-order valence-corrected chi connectivity index (χ4v) is 6.48. The standard InChI is InChI=1S/C25H34N4O/c1-24(2)21-14-17-13-19-20(27-22(26-19)16-7-8-16)15-18(17)25(24,3)9-12-29(21)23(30)28-10-5-4-6-11-28/h13,15-16,21H,4-12,14H2,1-3H3,(H,26,27)/t21-,25+/m1/s1. The third-order valence-corrected chi connectivity index (χ3v) is 9.05. The molecule has 1 aromatic heterocycles. The van der Waals surface area contributed by atoms with E-state index in [9.17, 15) is 4.79 Å². The molecule has 5 nitrogen and oxygen atoms in total. The van der Waals surface area contributed by atoms with Gasteiger partial charge < -0.3 is 14.8 Å². The van der Waals surface area contributed by atoms with Crippen LogP contribution in [0.15, 0.2) is 12.1 Å². The van der Waals surface area contributed by atoms with Crippen molar-refractivity contribution in [1.82, 2.24) is 19.8 Å². The van der Waals surface area contributed by atoms with Crippen LogP contribution in [0.5, 0.6) is 0 Å². The highest BCUT2D eigenvalue weighted by Gasteiger charge is 2.57. The van der Waals surface area contributed by atoms with Crippen molar-refractivity contribution in [3.63, 3.8) is 0 Å². The van der Waals surface area contributed by atoms with E-state index >= 15 is 0 Å². The molecule has 2 aliphatic heterocycles. The first-order valence-electron chi connectivity index (χ1n) is 12.0. The van der Waals surface area contributed by atoms with Crippen LogP contribution >= 0.6 is 0 Å². The largest absolute Gasteiger partial charge is 0.342 e. The summed E-state index contributed by atoms with van der Waals surface area (Å²) in [5, 5.41) is 0. The second-order valence-electron chi connectivity index (χ2n) is 11.0. The molecule has 2 bridgehead atoms. The summed E-state index contributed by atoms with van der Waals surface area (Å²) in [6, 6.07) is 5.24. The van der Waals surface area contributed by atoms with Gasteiger partial charge in [0.2, 0.25) is 0 Å². The number of rotatable bonds is 1. The van der Waals surface area contributed by atoms with Crippen molar-refractivity contribution in [1.29, 1.82) is 0 Å². The molecule has 1 N–H and O–H groups in total. The van der Waals surface area contributed by atoms with Crippen LogP contribution in [0.25, 0.3) is 11.0 Å². The third kappa shape index (κ3) is 2.53. The van der Waals surface area contributed by atoms with Crippen LogP contribution in [-0.2, 0) is 11.8 Å². The van der Waals surface area contributed by atoms with Crippen molar-refractivity contribution in [3.8, 4) is 0 Å². The number of piperidine rings is 2.